The molecule has 0 unspecified atom stereocenters. The summed E-state index contributed by atoms with van der Waals surface area (Å²) in [4.78, 5) is 23.6. The van der Waals surface area contributed by atoms with Crippen molar-refractivity contribution in [3.05, 3.63) is 69.4 Å². The third kappa shape index (κ3) is 3.59. The number of H-pyrrole nitrogens is 1. The minimum Gasteiger partial charge on any atom is -0.368 e. The van der Waals surface area contributed by atoms with Crippen LogP contribution in [0.4, 0.5) is 10.1 Å². The molecule has 0 atom stereocenters. The predicted molar refractivity (Wildman–Crippen MR) is 106 cm³/mol. The van der Waals surface area contributed by atoms with Crippen LogP contribution in [0.1, 0.15) is 16.7 Å². The second kappa shape index (κ2) is 7.41. The van der Waals surface area contributed by atoms with Crippen molar-refractivity contribution in [1.82, 2.24) is 14.9 Å². The summed E-state index contributed by atoms with van der Waals surface area (Å²) in [6, 6.07) is 10.2. The fraction of sp³-hybridized carbons (Fsp3) is 0.286. The van der Waals surface area contributed by atoms with Crippen molar-refractivity contribution in [2.75, 3.05) is 31.1 Å². The number of nitrogens with zero attached hydrogens (tertiary/aromatic N) is 4. The number of aromatic amines is 1. The molecule has 1 aliphatic heterocycles. The first-order valence-electron chi connectivity index (χ1n) is 9.19. The molecule has 1 aromatic carbocycles. The van der Waals surface area contributed by atoms with Crippen LogP contribution < -0.4 is 10.5 Å². The molecule has 0 saturated carbocycles. The SMILES string of the molecule is Cc1cc2ncc(CN3CCN(c4ccc(F)cc4C#N)CC3)cc2[nH]c1=O. The maximum Gasteiger partial charge on any atom is 0.251 e. The molecule has 142 valence electrons. The van der Waals surface area contributed by atoms with E-state index in [-0.39, 0.29) is 5.56 Å². The fourth-order valence-electron chi connectivity index (χ4n) is 3.59. The molecular formula is C21H20FN5O. The van der Waals surface area contributed by atoms with Gasteiger partial charge in [-0.25, -0.2) is 4.39 Å². The van der Waals surface area contributed by atoms with E-state index in [0.717, 1.165) is 55.0 Å². The Balaban J connectivity index is 1.45. The lowest BCUT2D eigenvalue weighted by atomic mass is 10.1. The lowest BCUT2D eigenvalue weighted by Crippen LogP contribution is -2.46. The van der Waals surface area contributed by atoms with Crippen molar-refractivity contribution >= 4 is 16.7 Å². The lowest BCUT2D eigenvalue weighted by Gasteiger charge is -2.36. The van der Waals surface area contributed by atoms with Gasteiger partial charge in [-0.05, 0) is 42.8 Å². The molecule has 3 heterocycles. The average Bonchev–Trinajstić information content (AvgIpc) is 2.70. The zero-order chi connectivity index (χ0) is 19.7. The number of nitriles is 1. The number of hydrogen-bond acceptors (Lipinski definition) is 5. The van der Waals surface area contributed by atoms with Gasteiger partial charge in [-0.3, -0.25) is 14.7 Å². The standard InChI is InChI=1S/C21H20FN5O/c1-14-8-18-19(25-21(14)28)9-15(12-24-18)13-26-4-6-27(7-5-26)20-3-2-17(22)10-16(20)11-23/h2-3,8-10,12H,4-7,13H2,1H3,(H,25,28). The number of nitrogens with one attached hydrogen (secondary N) is 1. The summed E-state index contributed by atoms with van der Waals surface area (Å²) in [5.74, 6) is -0.393. The molecule has 1 saturated heterocycles. The molecular weight excluding hydrogens is 357 g/mol. The number of halogens is 1. The summed E-state index contributed by atoms with van der Waals surface area (Å²) in [7, 11) is 0. The number of aryl methyl sites for hydroxylation is 1. The predicted octanol–water partition coefficient (Wildman–Crippen LogP) is 2.56. The highest BCUT2D eigenvalue weighted by atomic mass is 19.1. The number of piperazine rings is 1. The van der Waals surface area contributed by atoms with Crippen LogP contribution in [0.3, 0.4) is 0 Å². The van der Waals surface area contributed by atoms with Crippen molar-refractivity contribution in [3.63, 3.8) is 0 Å². The number of fused-ring (bicyclic) bond motifs is 1. The smallest absolute Gasteiger partial charge is 0.251 e. The molecule has 1 N–H and O–H groups in total. The van der Waals surface area contributed by atoms with Gasteiger partial charge < -0.3 is 9.88 Å². The Kier molecular flexibility index (Phi) is 4.80. The van der Waals surface area contributed by atoms with Gasteiger partial charge >= 0.3 is 0 Å². The summed E-state index contributed by atoms with van der Waals surface area (Å²) in [5.41, 5.74) is 4.28. The second-order valence-electron chi connectivity index (χ2n) is 7.09. The van der Waals surface area contributed by atoms with Crippen molar-refractivity contribution < 1.29 is 4.39 Å². The van der Waals surface area contributed by atoms with Crippen molar-refractivity contribution in [3.8, 4) is 6.07 Å². The van der Waals surface area contributed by atoms with Crippen molar-refractivity contribution in [2.45, 2.75) is 13.5 Å². The van der Waals surface area contributed by atoms with Gasteiger partial charge in [-0.1, -0.05) is 0 Å². The number of aromatic nitrogens is 2. The van der Waals surface area contributed by atoms with Crippen LogP contribution in [0.2, 0.25) is 0 Å². The van der Waals surface area contributed by atoms with E-state index in [2.05, 4.69) is 25.8 Å². The highest BCUT2D eigenvalue weighted by molar-refractivity contribution is 5.74. The minimum absolute atomic E-state index is 0.0901. The number of rotatable bonds is 3. The highest BCUT2D eigenvalue weighted by Gasteiger charge is 2.20. The Morgan fingerprint density at radius 3 is 2.75 bits per heavy atom. The maximum absolute atomic E-state index is 13.4. The van der Waals surface area contributed by atoms with Crippen LogP contribution in [0, 0.1) is 24.1 Å². The summed E-state index contributed by atoms with van der Waals surface area (Å²) >= 11 is 0. The van der Waals surface area contributed by atoms with Crippen LogP contribution in [0.25, 0.3) is 11.0 Å². The molecule has 0 amide bonds. The number of hydrogen-bond donors (Lipinski definition) is 1. The fourth-order valence-corrected chi connectivity index (χ4v) is 3.59. The molecule has 7 heteroatoms. The number of benzene rings is 1. The molecule has 28 heavy (non-hydrogen) atoms. The quantitative estimate of drug-likeness (QED) is 0.759. The number of anilines is 1. The van der Waals surface area contributed by atoms with E-state index >= 15 is 0 Å². The first kappa shape index (κ1) is 18.1. The maximum atomic E-state index is 13.4. The Labute approximate surface area is 161 Å². The zero-order valence-corrected chi connectivity index (χ0v) is 15.6. The summed E-state index contributed by atoms with van der Waals surface area (Å²) in [5, 5.41) is 9.26. The highest BCUT2D eigenvalue weighted by Crippen LogP contribution is 2.23. The largest absolute Gasteiger partial charge is 0.368 e. The molecule has 1 fully saturated rings. The summed E-state index contributed by atoms with van der Waals surface area (Å²) in [6.07, 6.45) is 1.85. The summed E-state index contributed by atoms with van der Waals surface area (Å²) in [6.45, 7) is 5.68. The van der Waals surface area contributed by atoms with E-state index in [1.807, 2.05) is 12.3 Å². The first-order chi connectivity index (χ1) is 13.5. The normalized spacial score (nSPS) is 15.0. The van der Waals surface area contributed by atoms with Gasteiger partial charge in [0.15, 0.2) is 0 Å². The van der Waals surface area contributed by atoms with Gasteiger partial charge in [0, 0.05) is 44.5 Å². The Morgan fingerprint density at radius 2 is 2.00 bits per heavy atom. The van der Waals surface area contributed by atoms with Gasteiger partial charge in [-0.2, -0.15) is 5.26 Å². The molecule has 4 rings (SSSR count). The Morgan fingerprint density at radius 1 is 1.21 bits per heavy atom. The van der Waals surface area contributed by atoms with E-state index < -0.39 is 5.82 Å². The molecule has 0 aliphatic carbocycles. The molecule has 1 aliphatic rings. The van der Waals surface area contributed by atoms with E-state index in [1.165, 1.54) is 12.1 Å². The molecule has 0 spiro atoms. The third-order valence-corrected chi connectivity index (χ3v) is 5.13. The minimum atomic E-state index is -0.393. The Bertz CT molecular complexity index is 1130. The van der Waals surface area contributed by atoms with E-state index in [4.69, 9.17) is 0 Å². The van der Waals surface area contributed by atoms with Crippen LogP contribution in [0.15, 0.2) is 41.3 Å². The molecule has 0 radical (unpaired) electrons. The second-order valence-corrected chi connectivity index (χ2v) is 7.09. The van der Waals surface area contributed by atoms with Gasteiger partial charge in [0.1, 0.15) is 11.9 Å². The van der Waals surface area contributed by atoms with Crippen LogP contribution in [-0.2, 0) is 6.54 Å². The molecule has 0 bridgehead atoms. The van der Waals surface area contributed by atoms with Gasteiger partial charge in [0.25, 0.3) is 5.56 Å². The van der Waals surface area contributed by atoms with Crippen LogP contribution in [0.5, 0.6) is 0 Å². The van der Waals surface area contributed by atoms with E-state index in [1.54, 1.807) is 19.1 Å². The van der Waals surface area contributed by atoms with Gasteiger partial charge in [-0.15, -0.1) is 0 Å². The first-order valence-corrected chi connectivity index (χ1v) is 9.19. The molecule has 2 aromatic heterocycles. The zero-order valence-electron chi connectivity index (χ0n) is 15.6. The monoisotopic (exact) mass is 377 g/mol. The van der Waals surface area contributed by atoms with Crippen LogP contribution >= 0.6 is 0 Å². The van der Waals surface area contributed by atoms with Gasteiger partial charge in [0.05, 0.1) is 22.3 Å². The molecule has 3 aromatic rings. The van der Waals surface area contributed by atoms with E-state index in [9.17, 15) is 14.4 Å². The van der Waals surface area contributed by atoms with Gasteiger partial charge in [0.2, 0.25) is 0 Å². The lowest BCUT2D eigenvalue weighted by molar-refractivity contribution is 0.249. The van der Waals surface area contributed by atoms with Crippen molar-refractivity contribution in [2.24, 2.45) is 0 Å². The number of pyridine rings is 2. The average molecular weight is 377 g/mol. The van der Waals surface area contributed by atoms with Crippen LogP contribution in [-0.4, -0.2) is 41.0 Å². The summed E-state index contributed by atoms with van der Waals surface area (Å²) < 4.78 is 13.4. The third-order valence-electron chi connectivity index (χ3n) is 5.13. The van der Waals surface area contributed by atoms with E-state index in [0.29, 0.717) is 11.1 Å². The van der Waals surface area contributed by atoms with Crippen molar-refractivity contribution in [1.29, 1.82) is 5.26 Å². The Hall–Kier alpha value is -3.24. The topological polar surface area (TPSA) is 76.0 Å². The molecule has 6 nitrogen and oxygen atoms in total.